The van der Waals surface area contributed by atoms with Crippen LogP contribution in [0.2, 0.25) is 0 Å². The molecule has 0 saturated heterocycles. The number of rotatable bonds is 8. The molecule has 0 spiro atoms. The molecule has 0 aliphatic rings. The Bertz CT molecular complexity index is 509. The van der Waals surface area contributed by atoms with E-state index in [1.807, 2.05) is 0 Å². The molecule has 2 unspecified atom stereocenters. The average Bonchev–Trinajstić information content (AvgIpc) is 2.47. The second kappa shape index (κ2) is 8.25. The fourth-order valence-corrected chi connectivity index (χ4v) is 4.03. The molecule has 0 N–H and O–H groups in total. The van der Waals surface area contributed by atoms with Gasteiger partial charge in [0.15, 0.2) is 0 Å². The second-order valence-electron chi connectivity index (χ2n) is 3.81. The zero-order valence-electron chi connectivity index (χ0n) is 11.2. The summed E-state index contributed by atoms with van der Waals surface area (Å²) in [4.78, 5) is 34.3. The molecule has 2 atom stereocenters. The first kappa shape index (κ1) is 18.6. The first-order valence-electron chi connectivity index (χ1n) is 5.85. The third-order valence-corrected chi connectivity index (χ3v) is 8.64. The maximum atomic E-state index is 11.6. The lowest BCUT2D eigenvalue weighted by Gasteiger charge is -2.43. The van der Waals surface area contributed by atoms with E-state index in [1.54, 1.807) is 30.3 Å². The van der Waals surface area contributed by atoms with Gasteiger partial charge in [0.25, 0.3) is 7.28 Å². The first-order chi connectivity index (χ1) is 9.80. The summed E-state index contributed by atoms with van der Waals surface area (Å²) in [6.45, 7) is -4.54. The molecule has 21 heavy (non-hydrogen) atoms. The van der Waals surface area contributed by atoms with Crippen molar-refractivity contribution in [3.8, 4) is 0 Å². The van der Waals surface area contributed by atoms with Crippen molar-refractivity contribution in [1.82, 2.24) is 0 Å². The van der Waals surface area contributed by atoms with Gasteiger partial charge in [-0.15, -0.1) is 0 Å². The van der Waals surface area contributed by atoms with Crippen molar-refractivity contribution in [2.75, 3.05) is 20.3 Å². The molecule has 0 heterocycles. The Kier molecular flexibility index (Phi) is 7.30. The second-order valence-corrected chi connectivity index (χ2v) is 11.6. The molecule has 1 aromatic carbocycles. The molecule has 10 heteroatoms. The van der Waals surface area contributed by atoms with Crippen LogP contribution in [0.5, 0.6) is 0 Å². The minimum absolute atomic E-state index is 0.0147. The van der Waals surface area contributed by atoms with E-state index in [2.05, 4.69) is 21.3 Å². The topological polar surface area (TPSA) is 108 Å². The third-order valence-electron chi connectivity index (χ3n) is 2.32. The molecule has 1 aromatic rings. The highest BCUT2D eigenvalue weighted by Gasteiger charge is 2.28. The van der Waals surface area contributed by atoms with Gasteiger partial charge in [-0.2, -0.15) is 0 Å². The standard InChI is InChI=1S/C11H16O7P2S/c1-16-19(13,14)20(15,21)18-9-5-8-17-11(12)10-6-3-2-4-7-10/h2-4,6-7H,5,8-9H2,1H3,(H,13,14)(H,15,21)/p-2. The van der Waals surface area contributed by atoms with Gasteiger partial charge in [0.05, 0.1) is 18.8 Å². The maximum absolute atomic E-state index is 11.6. The monoisotopic (exact) mass is 352 g/mol. The molecule has 0 fully saturated rings. The number of carbonyl (C=O) groups is 1. The Morgan fingerprint density at radius 3 is 2.52 bits per heavy atom. The molecule has 118 valence electrons. The van der Waals surface area contributed by atoms with Crippen molar-refractivity contribution in [2.45, 2.75) is 6.42 Å². The van der Waals surface area contributed by atoms with Crippen LogP contribution >= 0.6 is 13.9 Å². The molecule has 0 bridgehead atoms. The van der Waals surface area contributed by atoms with Crippen LogP contribution in [0.3, 0.4) is 0 Å². The molecular weight excluding hydrogens is 338 g/mol. The van der Waals surface area contributed by atoms with Gasteiger partial charge in [0, 0.05) is 20.1 Å². The summed E-state index contributed by atoms with van der Waals surface area (Å²) in [6, 6.07) is 8.36. The highest BCUT2D eigenvalue weighted by molar-refractivity contribution is 8.65. The van der Waals surface area contributed by atoms with Crippen LogP contribution in [-0.2, 0) is 30.6 Å². The molecule has 7 nitrogen and oxygen atoms in total. The van der Waals surface area contributed by atoms with Gasteiger partial charge in [-0.05, 0) is 12.1 Å². The van der Waals surface area contributed by atoms with E-state index in [0.29, 0.717) is 5.56 Å². The Morgan fingerprint density at radius 2 is 1.95 bits per heavy atom. The first-order valence-corrected chi connectivity index (χ1v) is 10.7. The van der Waals surface area contributed by atoms with Crippen LogP contribution in [0.25, 0.3) is 0 Å². The Hall–Kier alpha value is -0.460. The summed E-state index contributed by atoms with van der Waals surface area (Å²) < 4.78 is 24.9. The van der Waals surface area contributed by atoms with E-state index >= 15 is 0 Å². The Balaban J connectivity index is 2.29. The summed E-state index contributed by atoms with van der Waals surface area (Å²) in [5, 5.41) is 0. The number of hydrogen-bond donors (Lipinski definition) is 0. The lowest BCUT2D eigenvalue weighted by atomic mass is 10.2. The predicted molar refractivity (Wildman–Crippen MR) is 76.2 cm³/mol. The van der Waals surface area contributed by atoms with Crippen molar-refractivity contribution in [1.29, 1.82) is 0 Å². The van der Waals surface area contributed by atoms with E-state index in [0.717, 1.165) is 7.11 Å². The maximum Gasteiger partial charge on any atom is 0.338 e. The summed E-state index contributed by atoms with van der Waals surface area (Å²) in [6.07, 6.45) is 0.156. The highest BCUT2D eigenvalue weighted by Crippen LogP contribution is 2.79. The number of carbonyl (C=O) groups excluding carboxylic acids is 1. The summed E-state index contributed by atoms with van der Waals surface area (Å²) in [7, 11) is -3.84. The van der Waals surface area contributed by atoms with E-state index in [-0.39, 0.29) is 19.6 Å². The van der Waals surface area contributed by atoms with Crippen molar-refractivity contribution in [3.63, 3.8) is 0 Å². The van der Waals surface area contributed by atoms with Crippen LogP contribution in [0.15, 0.2) is 30.3 Å². The molecule has 0 aromatic heterocycles. The Labute approximate surface area is 128 Å². The van der Waals surface area contributed by atoms with Crippen LogP contribution < -0.4 is 9.79 Å². The summed E-state index contributed by atoms with van der Waals surface area (Å²) >= 11 is 4.38. The SMILES string of the molecule is COP(=O)([O-])[P+]([O-])([S-])OCCCOC(=O)c1ccccc1. The predicted octanol–water partition coefficient (Wildman–Crippen LogP) is 1.03. The number of ether oxygens (including phenoxy) is 1. The molecule has 0 aliphatic heterocycles. The molecule has 1 rings (SSSR count). The van der Waals surface area contributed by atoms with Gasteiger partial charge in [-0.25, -0.2) is 4.79 Å². The largest absolute Gasteiger partial charge is 0.746 e. The van der Waals surface area contributed by atoms with Gasteiger partial charge in [0.1, 0.15) is 0 Å². The fourth-order valence-electron chi connectivity index (χ4n) is 1.23. The quantitative estimate of drug-likeness (QED) is 0.295. The fraction of sp³-hybridized carbons (Fsp3) is 0.364. The van der Waals surface area contributed by atoms with E-state index in [4.69, 9.17) is 4.74 Å². The summed E-state index contributed by atoms with van der Waals surface area (Å²) in [5.74, 6) is -0.511. The Morgan fingerprint density at radius 1 is 1.33 bits per heavy atom. The number of benzene rings is 1. The molecule has 0 saturated carbocycles. The van der Waals surface area contributed by atoms with Gasteiger partial charge in [-0.1, -0.05) is 18.2 Å². The highest BCUT2D eigenvalue weighted by atomic mass is 32.9. The molecule has 0 amide bonds. The summed E-state index contributed by atoms with van der Waals surface area (Å²) in [5.41, 5.74) is 0.399. The van der Waals surface area contributed by atoms with Crippen molar-refractivity contribution in [2.24, 2.45) is 0 Å². The van der Waals surface area contributed by atoms with Crippen LogP contribution in [-0.4, -0.2) is 26.3 Å². The van der Waals surface area contributed by atoms with Crippen LogP contribution in [0.1, 0.15) is 16.8 Å². The van der Waals surface area contributed by atoms with E-state index in [9.17, 15) is 19.1 Å². The molecule has 0 aliphatic carbocycles. The zero-order valence-corrected chi connectivity index (χ0v) is 13.8. The lowest BCUT2D eigenvalue weighted by molar-refractivity contribution is -0.213. The van der Waals surface area contributed by atoms with Crippen molar-refractivity contribution >= 4 is 32.1 Å². The number of hydrogen-bond acceptors (Lipinski definition) is 8. The van der Waals surface area contributed by atoms with Crippen molar-refractivity contribution in [3.05, 3.63) is 35.9 Å². The average molecular weight is 352 g/mol. The van der Waals surface area contributed by atoms with Crippen LogP contribution in [0.4, 0.5) is 0 Å². The normalized spacial score (nSPS) is 16.8. The molecular formula is C11H14O7P2S-2. The van der Waals surface area contributed by atoms with Gasteiger partial charge in [0.2, 0.25) is 0 Å². The van der Waals surface area contributed by atoms with Gasteiger partial charge >= 0.3 is 5.97 Å². The third kappa shape index (κ3) is 5.68. The minimum Gasteiger partial charge on any atom is -0.746 e. The molecule has 0 radical (unpaired) electrons. The van der Waals surface area contributed by atoms with E-state index < -0.39 is 19.9 Å². The number of esters is 1. The zero-order chi connectivity index (χ0) is 15.9. The van der Waals surface area contributed by atoms with Crippen molar-refractivity contribution < 1.29 is 32.9 Å². The van der Waals surface area contributed by atoms with Crippen LogP contribution in [0, 0.1) is 0 Å². The van der Waals surface area contributed by atoms with E-state index in [1.165, 1.54) is 0 Å². The lowest BCUT2D eigenvalue weighted by Crippen LogP contribution is -2.19. The van der Waals surface area contributed by atoms with Gasteiger partial charge < -0.3 is 31.3 Å². The van der Waals surface area contributed by atoms with Gasteiger partial charge in [-0.3, -0.25) is 9.09 Å². The minimum atomic E-state index is -4.70. The smallest absolute Gasteiger partial charge is 0.338 e.